The van der Waals surface area contributed by atoms with E-state index in [2.05, 4.69) is 5.32 Å². The van der Waals surface area contributed by atoms with Crippen molar-refractivity contribution in [2.75, 3.05) is 18.6 Å². The molecule has 0 bridgehead atoms. The molecule has 106 valence electrons. The number of hydrogen-bond donors (Lipinski definition) is 1. The van der Waals surface area contributed by atoms with Gasteiger partial charge in [0, 0.05) is 12.6 Å². The number of ether oxygens (including phenoxy) is 1. The predicted molar refractivity (Wildman–Crippen MR) is 71.5 cm³/mol. The predicted octanol–water partition coefficient (Wildman–Crippen LogP) is 1.50. The van der Waals surface area contributed by atoms with Crippen molar-refractivity contribution in [3.8, 4) is 5.75 Å². The van der Waals surface area contributed by atoms with Crippen LogP contribution in [0.4, 0.5) is 4.39 Å². The summed E-state index contributed by atoms with van der Waals surface area (Å²) in [6.45, 7) is 0.533. The standard InChI is InChI=1S/C13H18FNO3S/c1-18-13-3-2-10(8-12(13)14)9-15-11-4-6-19(16,17)7-5-11/h2-3,8,11,15H,4-7,9H2,1H3. The average Bonchev–Trinajstić information content (AvgIpc) is 2.38. The van der Waals surface area contributed by atoms with Crippen molar-refractivity contribution in [3.05, 3.63) is 29.6 Å². The Morgan fingerprint density at radius 1 is 1.37 bits per heavy atom. The van der Waals surface area contributed by atoms with E-state index in [-0.39, 0.29) is 29.1 Å². The molecule has 0 aromatic heterocycles. The largest absolute Gasteiger partial charge is 0.494 e. The molecule has 19 heavy (non-hydrogen) atoms. The Morgan fingerprint density at radius 2 is 2.05 bits per heavy atom. The minimum absolute atomic E-state index is 0.189. The first-order valence-corrected chi connectivity index (χ1v) is 8.08. The van der Waals surface area contributed by atoms with Crippen LogP contribution in [0.5, 0.6) is 5.75 Å². The van der Waals surface area contributed by atoms with Gasteiger partial charge < -0.3 is 10.1 Å². The Balaban J connectivity index is 1.88. The molecule has 0 amide bonds. The molecule has 0 saturated carbocycles. The number of benzene rings is 1. The highest BCUT2D eigenvalue weighted by Crippen LogP contribution is 2.18. The van der Waals surface area contributed by atoms with Crippen LogP contribution in [0.15, 0.2) is 18.2 Å². The Morgan fingerprint density at radius 3 is 2.63 bits per heavy atom. The molecule has 6 heteroatoms. The second kappa shape index (κ2) is 5.88. The smallest absolute Gasteiger partial charge is 0.165 e. The lowest BCUT2D eigenvalue weighted by atomic mass is 10.1. The maximum Gasteiger partial charge on any atom is 0.165 e. The van der Waals surface area contributed by atoms with Gasteiger partial charge in [-0.2, -0.15) is 0 Å². The first kappa shape index (κ1) is 14.3. The van der Waals surface area contributed by atoms with Gasteiger partial charge in [0.1, 0.15) is 9.84 Å². The fourth-order valence-corrected chi connectivity index (χ4v) is 3.67. The van der Waals surface area contributed by atoms with E-state index in [1.54, 1.807) is 12.1 Å². The Hall–Kier alpha value is -1.14. The van der Waals surface area contributed by atoms with Crippen LogP contribution in [0.2, 0.25) is 0 Å². The van der Waals surface area contributed by atoms with Gasteiger partial charge in [-0.15, -0.1) is 0 Å². The van der Waals surface area contributed by atoms with Crippen LogP contribution in [-0.4, -0.2) is 33.1 Å². The van der Waals surface area contributed by atoms with Gasteiger partial charge in [-0.05, 0) is 30.5 Å². The maximum atomic E-state index is 13.5. The fraction of sp³-hybridized carbons (Fsp3) is 0.538. The third-order valence-electron chi connectivity index (χ3n) is 3.37. The summed E-state index contributed by atoms with van der Waals surface area (Å²) in [5.41, 5.74) is 0.826. The summed E-state index contributed by atoms with van der Waals surface area (Å²) in [4.78, 5) is 0. The number of methoxy groups -OCH3 is 1. The van der Waals surface area contributed by atoms with E-state index < -0.39 is 9.84 Å². The molecule has 1 saturated heterocycles. The van der Waals surface area contributed by atoms with Gasteiger partial charge in [0.05, 0.1) is 18.6 Å². The zero-order valence-electron chi connectivity index (χ0n) is 10.9. The Kier molecular flexibility index (Phi) is 4.42. The molecule has 0 spiro atoms. The van der Waals surface area contributed by atoms with Crippen molar-refractivity contribution >= 4 is 9.84 Å². The summed E-state index contributed by atoms with van der Waals surface area (Å²) < 4.78 is 40.9. The molecular formula is C13H18FNO3S. The maximum absolute atomic E-state index is 13.5. The van der Waals surface area contributed by atoms with Crippen molar-refractivity contribution < 1.29 is 17.5 Å². The quantitative estimate of drug-likeness (QED) is 0.912. The molecule has 0 atom stereocenters. The zero-order valence-corrected chi connectivity index (χ0v) is 11.7. The molecule has 4 nitrogen and oxygen atoms in total. The number of halogens is 1. The van der Waals surface area contributed by atoms with Crippen LogP contribution in [0.3, 0.4) is 0 Å². The van der Waals surface area contributed by atoms with E-state index in [4.69, 9.17) is 4.74 Å². The minimum Gasteiger partial charge on any atom is -0.494 e. The van der Waals surface area contributed by atoms with Gasteiger partial charge in [0.25, 0.3) is 0 Å². The second-order valence-electron chi connectivity index (χ2n) is 4.78. The lowest BCUT2D eigenvalue weighted by Gasteiger charge is -2.23. The third-order valence-corrected chi connectivity index (χ3v) is 5.08. The van der Waals surface area contributed by atoms with Gasteiger partial charge in [-0.1, -0.05) is 6.07 Å². The molecule has 1 aliphatic heterocycles. The highest BCUT2D eigenvalue weighted by atomic mass is 32.2. The van der Waals surface area contributed by atoms with Gasteiger partial charge in [0.15, 0.2) is 11.6 Å². The zero-order chi connectivity index (χ0) is 13.9. The van der Waals surface area contributed by atoms with Crippen molar-refractivity contribution in [1.82, 2.24) is 5.32 Å². The summed E-state index contributed by atoms with van der Waals surface area (Å²) in [7, 11) is -1.40. The topological polar surface area (TPSA) is 55.4 Å². The molecule has 0 radical (unpaired) electrons. The van der Waals surface area contributed by atoms with E-state index in [1.807, 2.05) is 0 Å². The van der Waals surface area contributed by atoms with Crippen LogP contribution in [0.25, 0.3) is 0 Å². The van der Waals surface area contributed by atoms with Crippen LogP contribution < -0.4 is 10.1 Å². The number of nitrogens with one attached hydrogen (secondary N) is 1. The van der Waals surface area contributed by atoms with E-state index in [9.17, 15) is 12.8 Å². The monoisotopic (exact) mass is 287 g/mol. The molecule has 1 aromatic rings. The normalized spacial score (nSPS) is 19.3. The molecule has 1 N–H and O–H groups in total. The molecule has 0 aliphatic carbocycles. The molecular weight excluding hydrogens is 269 g/mol. The Bertz CT molecular complexity index is 531. The average molecular weight is 287 g/mol. The first-order valence-electron chi connectivity index (χ1n) is 6.26. The summed E-state index contributed by atoms with van der Waals surface area (Å²) in [6.07, 6.45) is 1.25. The molecule has 1 heterocycles. The molecule has 0 unspecified atom stereocenters. The van der Waals surface area contributed by atoms with Crippen molar-refractivity contribution in [3.63, 3.8) is 0 Å². The van der Waals surface area contributed by atoms with Crippen LogP contribution in [0, 0.1) is 5.82 Å². The second-order valence-corrected chi connectivity index (χ2v) is 7.08. The van der Waals surface area contributed by atoms with Crippen LogP contribution >= 0.6 is 0 Å². The lowest BCUT2D eigenvalue weighted by molar-refractivity contribution is 0.385. The molecule has 1 aromatic carbocycles. The number of hydrogen-bond acceptors (Lipinski definition) is 4. The number of sulfone groups is 1. The number of rotatable bonds is 4. The van der Waals surface area contributed by atoms with Crippen LogP contribution in [-0.2, 0) is 16.4 Å². The van der Waals surface area contributed by atoms with Gasteiger partial charge in [0.2, 0.25) is 0 Å². The van der Waals surface area contributed by atoms with E-state index in [1.165, 1.54) is 13.2 Å². The van der Waals surface area contributed by atoms with Crippen molar-refractivity contribution in [2.24, 2.45) is 0 Å². The van der Waals surface area contributed by atoms with Crippen molar-refractivity contribution in [2.45, 2.75) is 25.4 Å². The summed E-state index contributed by atoms with van der Waals surface area (Å²) in [6, 6.07) is 5.02. The lowest BCUT2D eigenvalue weighted by Crippen LogP contribution is -2.37. The van der Waals surface area contributed by atoms with Crippen LogP contribution in [0.1, 0.15) is 18.4 Å². The van der Waals surface area contributed by atoms with Gasteiger partial charge in [-0.25, -0.2) is 12.8 Å². The van der Waals surface area contributed by atoms with Gasteiger partial charge >= 0.3 is 0 Å². The summed E-state index contributed by atoms with van der Waals surface area (Å²) in [5, 5.41) is 3.27. The first-order chi connectivity index (χ1) is 9.00. The SMILES string of the molecule is COc1ccc(CNC2CCS(=O)(=O)CC2)cc1F. The Labute approximate surface area is 112 Å². The van der Waals surface area contributed by atoms with E-state index >= 15 is 0 Å². The van der Waals surface area contributed by atoms with E-state index in [0.29, 0.717) is 19.4 Å². The summed E-state index contributed by atoms with van der Waals surface area (Å²) in [5.74, 6) is 0.323. The van der Waals surface area contributed by atoms with Gasteiger partial charge in [-0.3, -0.25) is 0 Å². The molecule has 2 rings (SSSR count). The van der Waals surface area contributed by atoms with E-state index in [0.717, 1.165) is 5.56 Å². The minimum atomic E-state index is -2.83. The van der Waals surface area contributed by atoms with Crippen molar-refractivity contribution in [1.29, 1.82) is 0 Å². The third kappa shape index (κ3) is 3.91. The fourth-order valence-electron chi connectivity index (χ4n) is 2.18. The highest BCUT2D eigenvalue weighted by molar-refractivity contribution is 7.91. The summed E-state index contributed by atoms with van der Waals surface area (Å²) >= 11 is 0. The highest BCUT2D eigenvalue weighted by Gasteiger charge is 2.22. The molecule has 1 aliphatic rings. The molecule has 1 fully saturated rings.